The maximum absolute atomic E-state index is 12.1. The van der Waals surface area contributed by atoms with Gasteiger partial charge in [-0.1, -0.05) is 6.07 Å². The number of benzene rings is 1. The fourth-order valence-electron chi connectivity index (χ4n) is 2.29. The zero-order valence-electron chi connectivity index (χ0n) is 11.1. The largest absolute Gasteiger partial charge is 0.374 e. The van der Waals surface area contributed by atoms with Crippen molar-refractivity contribution in [2.75, 3.05) is 18.4 Å². The first-order chi connectivity index (χ1) is 9.08. The summed E-state index contributed by atoms with van der Waals surface area (Å²) in [6.07, 6.45) is 2.16. The highest BCUT2D eigenvalue weighted by Crippen LogP contribution is 2.14. The maximum Gasteiger partial charge on any atom is 0.248 e. The van der Waals surface area contributed by atoms with E-state index in [2.05, 4.69) is 5.32 Å². The molecule has 1 unspecified atom stereocenters. The van der Waals surface area contributed by atoms with Crippen LogP contribution in [-0.2, 0) is 4.79 Å². The molecule has 2 amide bonds. The molecule has 2 rings (SSSR count). The van der Waals surface area contributed by atoms with Crippen molar-refractivity contribution >= 4 is 17.5 Å². The lowest BCUT2D eigenvalue weighted by atomic mass is 10.1. The lowest BCUT2D eigenvalue weighted by molar-refractivity contribution is -0.130. The van der Waals surface area contributed by atoms with Crippen LogP contribution in [0.3, 0.4) is 0 Å². The van der Waals surface area contributed by atoms with E-state index in [4.69, 9.17) is 5.73 Å². The van der Waals surface area contributed by atoms with Gasteiger partial charge in [0.1, 0.15) is 6.04 Å². The van der Waals surface area contributed by atoms with Crippen molar-refractivity contribution in [3.63, 3.8) is 0 Å². The summed E-state index contributed by atoms with van der Waals surface area (Å²) in [7, 11) is 0. The Morgan fingerprint density at radius 1 is 1.32 bits per heavy atom. The molecule has 0 saturated carbocycles. The van der Waals surface area contributed by atoms with Crippen molar-refractivity contribution in [3.8, 4) is 0 Å². The van der Waals surface area contributed by atoms with E-state index in [0.29, 0.717) is 5.56 Å². The van der Waals surface area contributed by atoms with Gasteiger partial charge in [-0.3, -0.25) is 9.59 Å². The normalized spacial score (nSPS) is 16.2. The van der Waals surface area contributed by atoms with Gasteiger partial charge in [0.25, 0.3) is 0 Å². The summed E-state index contributed by atoms with van der Waals surface area (Å²) in [6.45, 7) is 3.51. The van der Waals surface area contributed by atoms with Gasteiger partial charge in [0.2, 0.25) is 11.8 Å². The van der Waals surface area contributed by atoms with Crippen LogP contribution in [0.1, 0.15) is 30.1 Å². The zero-order valence-corrected chi connectivity index (χ0v) is 11.1. The Balaban J connectivity index is 2.01. The minimum Gasteiger partial charge on any atom is -0.374 e. The Bertz CT molecular complexity index is 481. The average molecular weight is 261 g/mol. The van der Waals surface area contributed by atoms with E-state index >= 15 is 0 Å². The van der Waals surface area contributed by atoms with E-state index in [1.54, 1.807) is 18.2 Å². The quantitative estimate of drug-likeness (QED) is 0.855. The van der Waals surface area contributed by atoms with E-state index in [1.165, 1.54) is 0 Å². The fraction of sp³-hybridized carbons (Fsp3) is 0.429. The highest BCUT2D eigenvalue weighted by atomic mass is 16.2. The first-order valence-corrected chi connectivity index (χ1v) is 6.53. The van der Waals surface area contributed by atoms with Crippen LogP contribution in [0.25, 0.3) is 0 Å². The number of primary amides is 1. The Morgan fingerprint density at radius 2 is 2.00 bits per heavy atom. The van der Waals surface area contributed by atoms with Crippen LogP contribution in [0.15, 0.2) is 24.3 Å². The number of carbonyl (C=O) groups is 2. The van der Waals surface area contributed by atoms with Crippen LogP contribution in [-0.4, -0.2) is 35.8 Å². The number of nitrogens with one attached hydrogen (secondary N) is 1. The molecule has 0 radical (unpaired) electrons. The second kappa shape index (κ2) is 5.73. The molecule has 19 heavy (non-hydrogen) atoms. The Morgan fingerprint density at radius 3 is 2.63 bits per heavy atom. The number of nitrogens with two attached hydrogens (primary N) is 1. The molecule has 0 aromatic heterocycles. The summed E-state index contributed by atoms with van der Waals surface area (Å²) in [4.78, 5) is 25.1. The molecule has 1 aromatic carbocycles. The van der Waals surface area contributed by atoms with Gasteiger partial charge in [-0.2, -0.15) is 0 Å². The van der Waals surface area contributed by atoms with E-state index in [0.717, 1.165) is 31.6 Å². The van der Waals surface area contributed by atoms with Gasteiger partial charge >= 0.3 is 0 Å². The minimum atomic E-state index is -0.470. The Labute approximate surface area is 112 Å². The lowest BCUT2D eigenvalue weighted by Crippen LogP contribution is -2.39. The molecule has 1 aromatic rings. The van der Waals surface area contributed by atoms with Crippen molar-refractivity contribution in [2.24, 2.45) is 5.73 Å². The van der Waals surface area contributed by atoms with Crippen LogP contribution < -0.4 is 11.1 Å². The summed E-state index contributed by atoms with van der Waals surface area (Å²) in [5.41, 5.74) is 6.40. The molecule has 0 spiro atoms. The molecule has 0 bridgehead atoms. The summed E-state index contributed by atoms with van der Waals surface area (Å²) < 4.78 is 0. The third-order valence-electron chi connectivity index (χ3n) is 3.32. The number of hydrogen-bond donors (Lipinski definition) is 2. The first-order valence-electron chi connectivity index (χ1n) is 6.53. The molecule has 0 aliphatic carbocycles. The van der Waals surface area contributed by atoms with Gasteiger partial charge in [-0.05, 0) is 38.0 Å². The third-order valence-corrected chi connectivity index (χ3v) is 3.32. The monoisotopic (exact) mass is 261 g/mol. The van der Waals surface area contributed by atoms with E-state index in [1.807, 2.05) is 17.9 Å². The van der Waals surface area contributed by atoms with Gasteiger partial charge in [-0.25, -0.2) is 0 Å². The van der Waals surface area contributed by atoms with Crippen molar-refractivity contribution in [2.45, 2.75) is 25.8 Å². The molecule has 5 nitrogen and oxygen atoms in total. The minimum absolute atomic E-state index is 0.0991. The standard InChI is InChI=1S/C14H19N3O2/c1-10(14(19)17-7-2-3-8-17)16-12-6-4-5-11(9-12)13(15)18/h4-6,9-10,16H,2-3,7-8H2,1H3,(H2,15,18). The molecular weight excluding hydrogens is 242 g/mol. The molecule has 102 valence electrons. The molecule has 1 fully saturated rings. The van der Waals surface area contributed by atoms with Gasteiger partial charge in [0, 0.05) is 24.3 Å². The number of likely N-dealkylation sites (tertiary alicyclic amines) is 1. The Hall–Kier alpha value is -2.04. The van der Waals surface area contributed by atoms with Gasteiger partial charge in [-0.15, -0.1) is 0 Å². The van der Waals surface area contributed by atoms with E-state index in [9.17, 15) is 9.59 Å². The Kier molecular flexibility index (Phi) is 4.04. The number of carbonyl (C=O) groups excluding carboxylic acids is 2. The second-order valence-corrected chi connectivity index (χ2v) is 4.84. The van der Waals surface area contributed by atoms with Crippen molar-refractivity contribution in [1.82, 2.24) is 4.90 Å². The van der Waals surface area contributed by atoms with Crippen molar-refractivity contribution in [1.29, 1.82) is 0 Å². The molecule has 3 N–H and O–H groups in total. The number of amides is 2. The van der Waals surface area contributed by atoms with Crippen molar-refractivity contribution in [3.05, 3.63) is 29.8 Å². The topological polar surface area (TPSA) is 75.4 Å². The molecule has 1 aliphatic heterocycles. The highest BCUT2D eigenvalue weighted by Gasteiger charge is 2.23. The highest BCUT2D eigenvalue weighted by molar-refractivity contribution is 5.94. The van der Waals surface area contributed by atoms with Gasteiger partial charge in [0.05, 0.1) is 0 Å². The fourth-order valence-corrected chi connectivity index (χ4v) is 2.29. The smallest absolute Gasteiger partial charge is 0.248 e. The maximum atomic E-state index is 12.1. The predicted octanol–water partition coefficient (Wildman–Crippen LogP) is 1.21. The number of anilines is 1. The molecule has 1 saturated heterocycles. The second-order valence-electron chi connectivity index (χ2n) is 4.84. The molecule has 1 aliphatic rings. The summed E-state index contributed by atoms with van der Waals surface area (Å²) >= 11 is 0. The lowest BCUT2D eigenvalue weighted by Gasteiger charge is -2.22. The number of hydrogen-bond acceptors (Lipinski definition) is 3. The van der Waals surface area contributed by atoms with Crippen LogP contribution in [0.2, 0.25) is 0 Å². The molecular formula is C14H19N3O2. The SMILES string of the molecule is CC(Nc1cccc(C(N)=O)c1)C(=O)N1CCCC1. The van der Waals surface area contributed by atoms with Gasteiger partial charge in [0.15, 0.2) is 0 Å². The van der Waals surface area contributed by atoms with Crippen LogP contribution >= 0.6 is 0 Å². The van der Waals surface area contributed by atoms with Crippen LogP contribution in [0.4, 0.5) is 5.69 Å². The molecule has 1 heterocycles. The predicted molar refractivity (Wildman–Crippen MR) is 73.9 cm³/mol. The van der Waals surface area contributed by atoms with Crippen molar-refractivity contribution < 1.29 is 9.59 Å². The van der Waals surface area contributed by atoms with E-state index in [-0.39, 0.29) is 11.9 Å². The summed E-state index contributed by atoms with van der Waals surface area (Å²) in [5, 5.41) is 3.11. The summed E-state index contributed by atoms with van der Waals surface area (Å²) in [5.74, 6) is -0.371. The first kappa shape index (κ1) is 13.4. The average Bonchev–Trinajstić information content (AvgIpc) is 2.92. The molecule has 5 heteroatoms. The zero-order chi connectivity index (χ0) is 13.8. The number of rotatable bonds is 4. The van der Waals surface area contributed by atoms with Crippen LogP contribution in [0.5, 0.6) is 0 Å². The molecule has 1 atom stereocenters. The van der Waals surface area contributed by atoms with Gasteiger partial charge < -0.3 is 16.0 Å². The van der Waals surface area contributed by atoms with E-state index < -0.39 is 5.91 Å². The summed E-state index contributed by atoms with van der Waals surface area (Å²) in [6, 6.07) is 6.58. The van der Waals surface area contributed by atoms with Crippen LogP contribution in [0, 0.1) is 0 Å². The number of nitrogens with zero attached hydrogens (tertiary/aromatic N) is 1. The third kappa shape index (κ3) is 3.24.